The second kappa shape index (κ2) is 3.60. The molecule has 0 aliphatic rings. The summed E-state index contributed by atoms with van der Waals surface area (Å²) in [4.78, 5) is 24.6. The number of hydrogen-bond donors (Lipinski definition) is 2. The molecule has 0 aliphatic heterocycles. The van der Waals surface area contributed by atoms with Crippen molar-refractivity contribution < 1.29 is 19.8 Å². The van der Waals surface area contributed by atoms with Crippen LogP contribution in [0.5, 0.6) is 5.75 Å². The van der Waals surface area contributed by atoms with Crippen LogP contribution >= 0.6 is 0 Å². The zero-order valence-corrected chi connectivity index (χ0v) is 6.84. The molecule has 74 valence electrons. The molecule has 14 heavy (non-hydrogen) atoms. The number of anilines is 1. The Balaban J connectivity index is 3.14. The Labute approximate surface area is 77.8 Å². The van der Waals surface area contributed by atoms with E-state index in [4.69, 9.17) is 10.8 Å². The van der Waals surface area contributed by atoms with Gasteiger partial charge in [0.05, 0.1) is 5.56 Å². The molecule has 0 aliphatic carbocycles. The SMILES string of the molecule is Nc1ccc(O[N+](=O)[O-])c(C(=O)O)c1. The standard InChI is InChI=1S/C7H6N2O5/c8-4-1-2-6(14-9(12)13)5(3-4)7(10)11/h1-3H,8H2,(H,10,11). The highest BCUT2D eigenvalue weighted by Gasteiger charge is 2.13. The van der Waals surface area contributed by atoms with Gasteiger partial charge in [0.15, 0.2) is 0 Å². The van der Waals surface area contributed by atoms with Crippen LogP contribution < -0.4 is 10.6 Å². The van der Waals surface area contributed by atoms with Crippen LogP contribution in [0.2, 0.25) is 0 Å². The van der Waals surface area contributed by atoms with Crippen LogP contribution in [0.25, 0.3) is 0 Å². The number of nitrogen functional groups attached to an aromatic ring is 1. The van der Waals surface area contributed by atoms with Crippen LogP contribution in [0, 0.1) is 10.1 Å². The lowest BCUT2D eigenvalue weighted by Crippen LogP contribution is -2.09. The van der Waals surface area contributed by atoms with E-state index in [0.29, 0.717) is 0 Å². The number of benzene rings is 1. The predicted octanol–water partition coefficient (Wildman–Crippen LogP) is 0.538. The van der Waals surface area contributed by atoms with Gasteiger partial charge >= 0.3 is 5.97 Å². The predicted molar refractivity (Wildman–Crippen MR) is 45.4 cm³/mol. The third kappa shape index (κ3) is 2.09. The monoisotopic (exact) mass is 198 g/mol. The average molecular weight is 198 g/mol. The highest BCUT2D eigenvalue weighted by atomic mass is 17.0. The minimum absolute atomic E-state index is 0.193. The first-order valence-electron chi connectivity index (χ1n) is 3.46. The number of carboxylic acid groups (broad SMARTS) is 1. The van der Waals surface area contributed by atoms with Crippen molar-refractivity contribution in [1.82, 2.24) is 0 Å². The summed E-state index contributed by atoms with van der Waals surface area (Å²) in [5, 5.41) is 17.5. The zero-order chi connectivity index (χ0) is 10.7. The van der Waals surface area contributed by atoms with Crippen LogP contribution in [0.1, 0.15) is 10.4 Å². The Bertz CT molecular complexity index is 390. The number of hydrogen-bond acceptors (Lipinski definition) is 5. The smallest absolute Gasteiger partial charge is 0.338 e. The molecule has 0 bridgehead atoms. The Morgan fingerprint density at radius 2 is 2.21 bits per heavy atom. The normalized spacial score (nSPS) is 9.43. The fraction of sp³-hybridized carbons (Fsp3) is 0. The van der Waals surface area contributed by atoms with Gasteiger partial charge in [-0.05, 0) is 18.2 Å². The fourth-order valence-corrected chi connectivity index (χ4v) is 0.875. The van der Waals surface area contributed by atoms with Crippen LogP contribution in [0.15, 0.2) is 18.2 Å². The summed E-state index contributed by atoms with van der Waals surface area (Å²) in [5.41, 5.74) is 5.15. The molecule has 0 amide bonds. The van der Waals surface area contributed by atoms with Crippen LogP contribution in [-0.4, -0.2) is 16.2 Å². The van der Waals surface area contributed by atoms with Gasteiger partial charge in [0.2, 0.25) is 0 Å². The summed E-state index contributed by atoms with van der Waals surface area (Å²) < 4.78 is 0. The van der Waals surface area contributed by atoms with Gasteiger partial charge in [-0.15, -0.1) is 10.1 Å². The van der Waals surface area contributed by atoms with Crippen LogP contribution in [-0.2, 0) is 0 Å². The lowest BCUT2D eigenvalue weighted by atomic mass is 10.2. The highest BCUT2D eigenvalue weighted by Crippen LogP contribution is 2.21. The van der Waals surface area contributed by atoms with Crippen LogP contribution in [0.3, 0.4) is 0 Å². The van der Waals surface area contributed by atoms with Crippen molar-refractivity contribution >= 4 is 11.7 Å². The molecule has 0 fully saturated rings. The van der Waals surface area contributed by atoms with E-state index in [0.717, 1.165) is 12.1 Å². The van der Waals surface area contributed by atoms with Crippen molar-refractivity contribution in [3.05, 3.63) is 33.9 Å². The lowest BCUT2D eigenvalue weighted by Gasteiger charge is -2.03. The summed E-state index contributed by atoms with van der Waals surface area (Å²) in [6.45, 7) is 0. The quantitative estimate of drug-likeness (QED) is 0.416. The number of nitrogens with two attached hydrogens (primary N) is 1. The summed E-state index contributed by atoms with van der Waals surface area (Å²) in [6.07, 6.45) is 0. The molecule has 7 heteroatoms. The largest absolute Gasteiger partial charge is 0.478 e. The van der Waals surface area contributed by atoms with Crippen molar-refractivity contribution in [3.8, 4) is 5.75 Å². The molecule has 0 saturated carbocycles. The third-order valence-corrected chi connectivity index (χ3v) is 1.41. The fourth-order valence-electron chi connectivity index (χ4n) is 0.875. The van der Waals surface area contributed by atoms with E-state index in [1.807, 2.05) is 0 Å². The van der Waals surface area contributed by atoms with Crippen molar-refractivity contribution in [2.75, 3.05) is 5.73 Å². The average Bonchev–Trinajstić information content (AvgIpc) is 2.07. The minimum atomic E-state index is -1.34. The zero-order valence-electron chi connectivity index (χ0n) is 6.84. The molecule has 0 spiro atoms. The van der Waals surface area contributed by atoms with Gasteiger partial charge in [-0.2, -0.15) is 0 Å². The van der Waals surface area contributed by atoms with E-state index in [1.54, 1.807) is 0 Å². The maximum absolute atomic E-state index is 10.6. The first kappa shape index (κ1) is 9.78. The summed E-state index contributed by atoms with van der Waals surface area (Å²) in [6, 6.07) is 3.52. The Hall–Kier alpha value is -2.31. The molecule has 0 saturated heterocycles. The lowest BCUT2D eigenvalue weighted by molar-refractivity contribution is -0.711. The molecule has 0 unspecified atom stereocenters. The molecule has 1 rings (SSSR count). The molecular formula is C7H6N2O5. The summed E-state index contributed by atoms with van der Waals surface area (Å²) >= 11 is 0. The highest BCUT2D eigenvalue weighted by molar-refractivity contribution is 5.91. The maximum Gasteiger partial charge on any atom is 0.338 e. The number of carbonyl (C=O) groups is 1. The number of rotatable bonds is 3. The third-order valence-electron chi connectivity index (χ3n) is 1.41. The van der Waals surface area contributed by atoms with Gasteiger partial charge < -0.3 is 10.8 Å². The Morgan fingerprint density at radius 3 is 2.71 bits per heavy atom. The van der Waals surface area contributed by atoms with Crippen molar-refractivity contribution in [3.63, 3.8) is 0 Å². The van der Waals surface area contributed by atoms with Gasteiger partial charge in [-0.25, -0.2) is 4.79 Å². The van der Waals surface area contributed by atoms with Crippen molar-refractivity contribution in [2.45, 2.75) is 0 Å². The second-order valence-corrected chi connectivity index (χ2v) is 2.38. The van der Waals surface area contributed by atoms with E-state index >= 15 is 0 Å². The molecule has 1 aromatic carbocycles. The molecule has 0 heterocycles. The van der Waals surface area contributed by atoms with Crippen molar-refractivity contribution in [1.29, 1.82) is 0 Å². The Kier molecular flexibility index (Phi) is 2.52. The first-order valence-corrected chi connectivity index (χ1v) is 3.46. The van der Waals surface area contributed by atoms with E-state index in [2.05, 4.69) is 4.84 Å². The van der Waals surface area contributed by atoms with E-state index < -0.39 is 11.1 Å². The molecule has 0 atom stereocenters. The molecule has 1 aromatic rings. The number of nitrogens with zero attached hydrogens (tertiary/aromatic N) is 1. The first-order chi connectivity index (χ1) is 6.50. The summed E-state index contributed by atoms with van der Waals surface area (Å²) in [7, 11) is 0. The molecule has 0 aromatic heterocycles. The molecular weight excluding hydrogens is 192 g/mol. The summed E-state index contributed by atoms with van der Waals surface area (Å²) in [5.74, 6) is -1.69. The van der Waals surface area contributed by atoms with Gasteiger partial charge in [-0.3, -0.25) is 4.84 Å². The maximum atomic E-state index is 10.6. The molecule has 0 radical (unpaired) electrons. The molecule has 7 nitrogen and oxygen atoms in total. The topological polar surface area (TPSA) is 116 Å². The van der Waals surface area contributed by atoms with Gasteiger partial charge in [0.1, 0.15) is 5.75 Å². The van der Waals surface area contributed by atoms with Crippen molar-refractivity contribution in [2.24, 2.45) is 0 Å². The molecule has 3 N–H and O–H groups in total. The number of aromatic carboxylic acids is 1. The van der Waals surface area contributed by atoms with Gasteiger partial charge in [0, 0.05) is 5.69 Å². The Morgan fingerprint density at radius 1 is 1.57 bits per heavy atom. The van der Waals surface area contributed by atoms with Gasteiger partial charge in [0.25, 0.3) is 5.09 Å². The number of carboxylic acids is 1. The van der Waals surface area contributed by atoms with E-state index in [-0.39, 0.29) is 17.0 Å². The van der Waals surface area contributed by atoms with E-state index in [9.17, 15) is 14.9 Å². The minimum Gasteiger partial charge on any atom is -0.478 e. The van der Waals surface area contributed by atoms with Gasteiger partial charge in [-0.1, -0.05) is 0 Å². The van der Waals surface area contributed by atoms with Crippen LogP contribution in [0.4, 0.5) is 5.69 Å². The van der Waals surface area contributed by atoms with E-state index in [1.165, 1.54) is 6.07 Å². The second-order valence-electron chi connectivity index (χ2n) is 2.38.